The zero-order chi connectivity index (χ0) is 20.5. The topological polar surface area (TPSA) is 88.8 Å². The second-order valence-corrected chi connectivity index (χ2v) is 11.0. The number of rotatable bonds is 4. The highest BCUT2D eigenvalue weighted by atomic mass is 79.9. The van der Waals surface area contributed by atoms with E-state index in [1.54, 1.807) is 16.5 Å². The number of carbonyl (C=O) groups excluding carboxylic acids is 2. The molecule has 2 aromatic rings. The highest BCUT2D eigenvalue weighted by Gasteiger charge is 2.28. The van der Waals surface area contributed by atoms with Gasteiger partial charge in [0.15, 0.2) is 14.6 Å². The van der Waals surface area contributed by atoms with Crippen LogP contribution in [0, 0.1) is 0 Å². The summed E-state index contributed by atoms with van der Waals surface area (Å²) in [6.45, 7) is 2.49. The number of halogens is 1. The van der Waals surface area contributed by atoms with Gasteiger partial charge < -0.3 is 9.47 Å². The van der Waals surface area contributed by atoms with Crippen LogP contribution in [-0.2, 0) is 26.5 Å². The van der Waals surface area contributed by atoms with Crippen LogP contribution in [0.15, 0.2) is 27.7 Å². The third-order valence-electron chi connectivity index (χ3n) is 4.80. The zero-order valence-corrected chi connectivity index (χ0v) is 18.9. The summed E-state index contributed by atoms with van der Waals surface area (Å²) in [5.41, 5.74) is 0.900. The maximum absolute atomic E-state index is 12.4. The lowest BCUT2D eigenvalue weighted by molar-refractivity contribution is -0.131. The van der Waals surface area contributed by atoms with E-state index in [0.29, 0.717) is 11.3 Å². The van der Waals surface area contributed by atoms with Crippen molar-refractivity contribution in [1.82, 2.24) is 9.47 Å². The Morgan fingerprint density at radius 2 is 2.04 bits per heavy atom. The normalized spacial score (nSPS) is 18.6. The van der Waals surface area contributed by atoms with Crippen LogP contribution in [0.25, 0.3) is 10.2 Å². The number of carbonyl (C=O) groups is 2. The molecular weight excluding hydrogens is 466 g/mol. The Bertz CT molecular complexity index is 1090. The monoisotopic (exact) mass is 487 g/mol. The third-order valence-corrected chi connectivity index (χ3v) is 7.76. The Hall–Kier alpha value is -1.52. The lowest BCUT2D eigenvalue weighted by Gasteiger charge is -2.33. The number of thiazole rings is 1. The number of likely N-dealkylation sites (tertiary alicyclic amines) is 1. The molecule has 10 heteroatoms. The van der Waals surface area contributed by atoms with Crippen molar-refractivity contribution in [3.05, 3.63) is 27.5 Å². The molecule has 1 fully saturated rings. The minimum absolute atomic E-state index is 0.0359. The molecule has 1 aliphatic rings. The number of benzene rings is 1. The first-order valence-electron chi connectivity index (χ1n) is 8.99. The summed E-state index contributed by atoms with van der Waals surface area (Å²) in [4.78, 5) is 30.6. The molecule has 0 N–H and O–H groups in total. The number of hydrogen-bond donors (Lipinski definition) is 0. The molecule has 0 aliphatic carbocycles. The smallest absolute Gasteiger partial charge is 0.263 e. The Balaban J connectivity index is 1.74. The van der Waals surface area contributed by atoms with Crippen molar-refractivity contribution in [3.8, 4) is 0 Å². The molecule has 0 saturated carbocycles. The van der Waals surface area contributed by atoms with E-state index in [1.807, 2.05) is 25.1 Å². The largest absolute Gasteiger partial charge is 0.339 e. The second-order valence-electron chi connectivity index (χ2n) is 7.03. The van der Waals surface area contributed by atoms with E-state index < -0.39 is 33.2 Å². The highest BCUT2D eigenvalue weighted by Crippen LogP contribution is 2.21. The van der Waals surface area contributed by atoms with Gasteiger partial charge in [0.1, 0.15) is 11.5 Å². The molecule has 1 aliphatic heterocycles. The van der Waals surface area contributed by atoms with Crippen LogP contribution in [0.1, 0.15) is 26.2 Å². The molecule has 1 atom stereocenters. The number of sulfone groups is 1. The number of amides is 2. The van der Waals surface area contributed by atoms with Gasteiger partial charge >= 0.3 is 0 Å². The van der Waals surface area contributed by atoms with Crippen LogP contribution < -0.4 is 4.80 Å². The predicted octanol–water partition coefficient (Wildman–Crippen LogP) is 2.25. The van der Waals surface area contributed by atoms with E-state index in [-0.39, 0.29) is 6.04 Å². The van der Waals surface area contributed by atoms with Crippen molar-refractivity contribution < 1.29 is 18.0 Å². The first-order chi connectivity index (χ1) is 13.2. The quantitative estimate of drug-likeness (QED) is 0.661. The van der Waals surface area contributed by atoms with Crippen LogP contribution in [0.3, 0.4) is 0 Å². The lowest BCUT2D eigenvalue weighted by Crippen LogP contribution is -2.45. The molecule has 1 aromatic carbocycles. The summed E-state index contributed by atoms with van der Waals surface area (Å²) < 4.78 is 28.3. The van der Waals surface area contributed by atoms with Crippen molar-refractivity contribution in [2.24, 2.45) is 12.0 Å². The standard InChI is InChI=1S/C18H22BrN3O4S2/c1-12-5-3-4-8-22(12)17(24)11-28(25,26)10-16(23)20-18-21(2)14-7-6-13(19)9-15(14)27-18/h6-7,9,12H,3-5,8,10-11H2,1-2H3. The third kappa shape index (κ3) is 4.90. The van der Waals surface area contributed by atoms with Gasteiger partial charge in [0.05, 0.1) is 10.2 Å². The fourth-order valence-corrected chi connectivity index (χ4v) is 6.00. The molecule has 0 radical (unpaired) electrons. The molecule has 0 spiro atoms. The molecule has 1 unspecified atom stereocenters. The summed E-state index contributed by atoms with van der Waals surface area (Å²) >= 11 is 4.71. The van der Waals surface area contributed by atoms with E-state index in [4.69, 9.17) is 0 Å². The van der Waals surface area contributed by atoms with Crippen molar-refractivity contribution in [3.63, 3.8) is 0 Å². The number of aryl methyl sites for hydroxylation is 1. The predicted molar refractivity (Wildman–Crippen MR) is 113 cm³/mol. The van der Waals surface area contributed by atoms with E-state index in [9.17, 15) is 18.0 Å². The van der Waals surface area contributed by atoms with E-state index in [2.05, 4.69) is 20.9 Å². The van der Waals surface area contributed by atoms with Gasteiger partial charge in [-0.15, -0.1) is 0 Å². The van der Waals surface area contributed by atoms with Crippen LogP contribution in [0.2, 0.25) is 0 Å². The van der Waals surface area contributed by atoms with E-state index in [0.717, 1.165) is 34.0 Å². The fraction of sp³-hybridized carbons (Fsp3) is 0.500. The Morgan fingerprint density at radius 1 is 1.29 bits per heavy atom. The average Bonchev–Trinajstić information content (AvgIpc) is 2.89. The van der Waals surface area contributed by atoms with Crippen molar-refractivity contribution in [2.45, 2.75) is 32.2 Å². The van der Waals surface area contributed by atoms with Crippen LogP contribution >= 0.6 is 27.3 Å². The molecule has 0 bridgehead atoms. The lowest BCUT2D eigenvalue weighted by atomic mass is 10.0. The molecule has 3 rings (SSSR count). The van der Waals surface area contributed by atoms with Gasteiger partial charge in [0.25, 0.3) is 5.91 Å². The number of hydrogen-bond acceptors (Lipinski definition) is 5. The maximum Gasteiger partial charge on any atom is 0.263 e. The molecule has 2 heterocycles. The summed E-state index contributed by atoms with van der Waals surface area (Å²) in [6, 6.07) is 5.74. The van der Waals surface area contributed by atoms with Crippen LogP contribution in [0.5, 0.6) is 0 Å². The SMILES string of the molecule is CC1CCCCN1C(=O)CS(=O)(=O)CC(=O)N=c1sc2cc(Br)ccc2n1C. The molecule has 7 nitrogen and oxygen atoms in total. The zero-order valence-electron chi connectivity index (χ0n) is 15.7. The molecular formula is C18H22BrN3O4S2. The molecule has 1 saturated heterocycles. The van der Waals surface area contributed by atoms with Gasteiger partial charge in [0, 0.05) is 24.1 Å². The Kier molecular flexibility index (Phi) is 6.41. The van der Waals surface area contributed by atoms with Gasteiger partial charge in [0.2, 0.25) is 5.91 Å². The van der Waals surface area contributed by atoms with E-state index >= 15 is 0 Å². The summed E-state index contributed by atoms with van der Waals surface area (Å²) in [7, 11) is -2.10. The van der Waals surface area contributed by atoms with E-state index in [1.165, 1.54) is 11.3 Å². The van der Waals surface area contributed by atoms with Gasteiger partial charge in [-0.2, -0.15) is 4.99 Å². The molecule has 2 amide bonds. The summed E-state index contributed by atoms with van der Waals surface area (Å²) in [6.07, 6.45) is 2.79. The molecule has 28 heavy (non-hydrogen) atoms. The number of fused-ring (bicyclic) bond motifs is 1. The molecule has 152 valence electrons. The van der Waals surface area contributed by atoms with Crippen molar-refractivity contribution >= 4 is 59.1 Å². The van der Waals surface area contributed by atoms with Crippen LogP contribution in [-0.4, -0.2) is 53.8 Å². The highest BCUT2D eigenvalue weighted by molar-refractivity contribution is 9.10. The minimum Gasteiger partial charge on any atom is -0.339 e. The first kappa shape index (κ1) is 21.2. The van der Waals surface area contributed by atoms with Crippen LogP contribution in [0.4, 0.5) is 0 Å². The average molecular weight is 488 g/mol. The number of aromatic nitrogens is 1. The second kappa shape index (κ2) is 8.46. The Labute approximate surface area is 176 Å². The van der Waals surface area contributed by atoms with Crippen molar-refractivity contribution in [2.75, 3.05) is 18.1 Å². The number of piperidine rings is 1. The van der Waals surface area contributed by atoms with Crippen molar-refractivity contribution in [1.29, 1.82) is 0 Å². The van der Waals surface area contributed by atoms with Gasteiger partial charge in [-0.3, -0.25) is 9.59 Å². The van der Waals surface area contributed by atoms with Gasteiger partial charge in [-0.25, -0.2) is 8.42 Å². The van der Waals surface area contributed by atoms with Gasteiger partial charge in [-0.1, -0.05) is 27.3 Å². The summed E-state index contributed by atoms with van der Waals surface area (Å²) in [5, 5.41) is 0. The van der Waals surface area contributed by atoms with Gasteiger partial charge in [-0.05, 0) is 44.4 Å². The first-order valence-corrected chi connectivity index (χ1v) is 12.4. The Morgan fingerprint density at radius 3 is 2.75 bits per heavy atom. The summed E-state index contributed by atoms with van der Waals surface area (Å²) in [5.74, 6) is -2.61. The maximum atomic E-state index is 12.4. The molecule has 1 aromatic heterocycles. The number of nitrogens with zero attached hydrogens (tertiary/aromatic N) is 3. The fourth-order valence-electron chi connectivity index (χ4n) is 3.33. The minimum atomic E-state index is -3.87.